The van der Waals surface area contributed by atoms with E-state index in [0.717, 1.165) is 4.68 Å². The number of nitrogens with zero attached hydrogens (tertiary/aromatic N) is 6. The zero-order valence-corrected chi connectivity index (χ0v) is 17.4. The molecule has 1 aliphatic heterocycles. The number of ether oxygens (including phenoxy) is 1. The van der Waals surface area contributed by atoms with E-state index in [2.05, 4.69) is 10.1 Å². The molecule has 2 amide bonds. The van der Waals surface area contributed by atoms with Crippen molar-refractivity contribution in [1.29, 1.82) is 0 Å². The van der Waals surface area contributed by atoms with Gasteiger partial charge in [-0.2, -0.15) is 5.10 Å². The van der Waals surface area contributed by atoms with E-state index in [9.17, 15) is 14.4 Å². The highest BCUT2D eigenvalue weighted by atomic mass is 16.6. The summed E-state index contributed by atoms with van der Waals surface area (Å²) in [5, 5.41) is 3.97. The lowest BCUT2D eigenvalue weighted by Gasteiger charge is -2.36. The molecule has 0 spiro atoms. The Hall–Kier alpha value is -3.11. The number of primary amides is 1. The topological polar surface area (TPSA) is 129 Å². The van der Waals surface area contributed by atoms with E-state index >= 15 is 0 Å². The highest BCUT2D eigenvalue weighted by Crippen LogP contribution is 2.23. The summed E-state index contributed by atoms with van der Waals surface area (Å²) >= 11 is 0. The maximum atomic E-state index is 12.7. The average molecular weight is 405 g/mol. The van der Waals surface area contributed by atoms with Gasteiger partial charge in [-0.05, 0) is 27.7 Å². The fourth-order valence-corrected chi connectivity index (χ4v) is 3.34. The highest BCUT2D eigenvalue weighted by Gasteiger charge is 2.29. The molecule has 1 fully saturated rings. The number of hydrogen-bond acceptors (Lipinski definition) is 7. The lowest BCUT2D eigenvalue weighted by Crippen LogP contribution is -2.50. The Kier molecular flexibility index (Phi) is 5.24. The van der Waals surface area contributed by atoms with Crippen LogP contribution < -0.4 is 16.2 Å². The van der Waals surface area contributed by atoms with Crippen molar-refractivity contribution in [2.75, 3.05) is 31.1 Å². The van der Waals surface area contributed by atoms with Crippen LogP contribution in [-0.2, 0) is 18.3 Å². The van der Waals surface area contributed by atoms with Crippen LogP contribution in [0.1, 0.15) is 38.2 Å². The van der Waals surface area contributed by atoms with E-state index in [0.29, 0.717) is 44.2 Å². The summed E-state index contributed by atoms with van der Waals surface area (Å²) in [4.78, 5) is 44.9. The minimum Gasteiger partial charge on any atom is -0.444 e. The SMILES string of the molecule is CCn1c(N2CCN(C(=O)OC(C)(C)C)CC2)nc2c(C(N)=O)nn(C)c(=O)c21. The second kappa shape index (κ2) is 7.37. The third kappa shape index (κ3) is 3.89. The van der Waals surface area contributed by atoms with Crippen LogP contribution in [-0.4, -0.2) is 68.0 Å². The van der Waals surface area contributed by atoms with E-state index in [-0.39, 0.29) is 22.9 Å². The molecule has 0 unspecified atom stereocenters. The second-order valence-electron chi connectivity index (χ2n) is 7.95. The maximum absolute atomic E-state index is 12.7. The largest absolute Gasteiger partial charge is 0.444 e. The van der Waals surface area contributed by atoms with Gasteiger partial charge in [0.15, 0.2) is 5.69 Å². The first kappa shape index (κ1) is 20.6. The van der Waals surface area contributed by atoms with Crippen LogP contribution in [0, 0.1) is 0 Å². The lowest BCUT2D eigenvalue weighted by atomic mass is 10.2. The molecule has 2 N–H and O–H groups in total. The summed E-state index contributed by atoms with van der Waals surface area (Å²) in [6, 6.07) is 0. The summed E-state index contributed by atoms with van der Waals surface area (Å²) < 4.78 is 8.28. The van der Waals surface area contributed by atoms with Gasteiger partial charge in [0.1, 0.15) is 16.6 Å². The van der Waals surface area contributed by atoms with E-state index < -0.39 is 11.5 Å². The number of aromatic nitrogens is 4. The number of aryl methyl sites for hydroxylation is 2. The first-order chi connectivity index (χ1) is 13.5. The van der Waals surface area contributed by atoms with Crippen LogP contribution in [0.3, 0.4) is 0 Å². The van der Waals surface area contributed by atoms with Crippen molar-refractivity contribution >= 4 is 29.0 Å². The summed E-state index contributed by atoms with van der Waals surface area (Å²) in [6.07, 6.45) is -0.352. The first-order valence-corrected chi connectivity index (χ1v) is 9.53. The molecular weight excluding hydrogens is 378 g/mol. The molecule has 0 radical (unpaired) electrons. The predicted octanol–water partition coefficient (Wildman–Crippen LogP) is 0.306. The van der Waals surface area contributed by atoms with E-state index in [4.69, 9.17) is 10.5 Å². The average Bonchev–Trinajstić information content (AvgIpc) is 3.02. The molecule has 11 nitrogen and oxygen atoms in total. The van der Waals surface area contributed by atoms with Crippen LogP contribution in [0.15, 0.2) is 4.79 Å². The van der Waals surface area contributed by atoms with Gasteiger partial charge >= 0.3 is 6.09 Å². The molecule has 0 bridgehead atoms. The zero-order chi connectivity index (χ0) is 21.5. The number of imidazole rings is 1. The first-order valence-electron chi connectivity index (χ1n) is 9.53. The van der Waals surface area contributed by atoms with Crippen LogP contribution in [0.5, 0.6) is 0 Å². The van der Waals surface area contributed by atoms with Crippen LogP contribution >= 0.6 is 0 Å². The molecular formula is C18H27N7O4. The van der Waals surface area contributed by atoms with E-state index in [1.54, 1.807) is 9.47 Å². The number of piperazine rings is 1. The van der Waals surface area contributed by atoms with Crippen LogP contribution in [0.2, 0.25) is 0 Å². The Morgan fingerprint density at radius 1 is 1.17 bits per heavy atom. The molecule has 29 heavy (non-hydrogen) atoms. The lowest BCUT2D eigenvalue weighted by molar-refractivity contribution is 0.0240. The summed E-state index contributed by atoms with van der Waals surface area (Å²) in [5.41, 5.74) is 5.00. The Bertz CT molecular complexity index is 1010. The summed E-state index contributed by atoms with van der Waals surface area (Å²) in [5.74, 6) is -0.188. The fraction of sp³-hybridized carbons (Fsp3) is 0.611. The summed E-state index contributed by atoms with van der Waals surface area (Å²) in [6.45, 7) is 9.81. The standard InChI is InChI=1S/C18H27N7O4/c1-6-25-13-11(12(14(19)26)21-22(5)15(13)27)20-16(25)23-7-9-24(10-8-23)17(28)29-18(2,3)4/h6-10H2,1-5H3,(H2,19,26). The molecule has 1 saturated heterocycles. The Morgan fingerprint density at radius 3 is 2.31 bits per heavy atom. The van der Waals surface area contributed by atoms with Crippen molar-refractivity contribution in [3.05, 3.63) is 16.0 Å². The normalized spacial score (nSPS) is 15.1. The molecule has 0 saturated carbocycles. The van der Waals surface area contributed by atoms with Crippen molar-refractivity contribution in [3.63, 3.8) is 0 Å². The molecule has 2 aromatic rings. The molecule has 0 aromatic carbocycles. The highest BCUT2D eigenvalue weighted by molar-refractivity contribution is 6.02. The third-order valence-electron chi connectivity index (χ3n) is 4.68. The number of amides is 2. The van der Waals surface area contributed by atoms with Crippen LogP contribution in [0.4, 0.5) is 10.7 Å². The third-order valence-corrected chi connectivity index (χ3v) is 4.68. The van der Waals surface area contributed by atoms with Gasteiger partial charge in [0, 0.05) is 39.8 Å². The fourth-order valence-electron chi connectivity index (χ4n) is 3.34. The van der Waals surface area contributed by atoms with E-state index in [1.165, 1.54) is 7.05 Å². The predicted molar refractivity (Wildman–Crippen MR) is 107 cm³/mol. The quantitative estimate of drug-likeness (QED) is 0.778. The van der Waals surface area contributed by atoms with Gasteiger partial charge in [-0.25, -0.2) is 14.5 Å². The van der Waals surface area contributed by atoms with Crippen molar-refractivity contribution in [2.45, 2.75) is 39.8 Å². The molecule has 3 rings (SSSR count). The minimum atomic E-state index is -0.743. The second-order valence-corrected chi connectivity index (χ2v) is 7.95. The van der Waals surface area contributed by atoms with Crippen molar-refractivity contribution in [2.24, 2.45) is 12.8 Å². The van der Waals surface area contributed by atoms with Gasteiger partial charge in [-0.15, -0.1) is 0 Å². The van der Waals surface area contributed by atoms with Gasteiger partial charge in [-0.1, -0.05) is 0 Å². The van der Waals surface area contributed by atoms with Crippen LogP contribution in [0.25, 0.3) is 11.0 Å². The number of hydrogen-bond donors (Lipinski definition) is 1. The molecule has 3 heterocycles. The monoisotopic (exact) mass is 405 g/mol. The molecule has 2 aromatic heterocycles. The Balaban J connectivity index is 1.93. The smallest absolute Gasteiger partial charge is 0.410 e. The molecule has 0 aliphatic carbocycles. The number of carbonyl (C=O) groups excluding carboxylic acids is 2. The minimum absolute atomic E-state index is 0.0389. The number of rotatable bonds is 3. The molecule has 1 aliphatic rings. The van der Waals surface area contributed by atoms with Gasteiger partial charge < -0.3 is 24.8 Å². The number of carbonyl (C=O) groups is 2. The number of fused-ring (bicyclic) bond motifs is 1. The number of nitrogens with two attached hydrogens (primary N) is 1. The molecule has 11 heteroatoms. The van der Waals surface area contributed by atoms with E-state index in [1.807, 2.05) is 32.6 Å². The van der Waals surface area contributed by atoms with Gasteiger partial charge in [0.2, 0.25) is 5.95 Å². The van der Waals surface area contributed by atoms with Gasteiger partial charge in [0.25, 0.3) is 11.5 Å². The van der Waals surface area contributed by atoms with Gasteiger partial charge in [0.05, 0.1) is 0 Å². The van der Waals surface area contributed by atoms with Gasteiger partial charge in [-0.3, -0.25) is 9.59 Å². The summed E-state index contributed by atoms with van der Waals surface area (Å²) in [7, 11) is 1.47. The zero-order valence-electron chi connectivity index (χ0n) is 17.4. The number of anilines is 1. The Morgan fingerprint density at radius 2 is 1.79 bits per heavy atom. The molecule has 158 valence electrons. The van der Waals surface area contributed by atoms with Crippen molar-refractivity contribution in [1.82, 2.24) is 24.2 Å². The molecule has 0 atom stereocenters. The Labute approximate surface area is 168 Å². The van der Waals surface area contributed by atoms with Crippen molar-refractivity contribution < 1.29 is 14.3 Å². The maximum Gasteiger partial charge on any atom is 0.410 e. The van der Waals surface area contributed by atoms with Crippen molar-refractivity contribution in [3.8, 4) is 0 Å².